The van der Waals surface area contributed by atoms with E-state index in [-0.39, 0.29) is 0 Å². The quantitative estimate of drug-likeness (QED) is 0.858. The standard InChI is InChI=1S/C15H24N2/c1-12(2)16-11-14-10-13(3)6-7-15(14)17-8-4-5-9-17/h6-7,10,12,16H,4-5,8-9,11H2,1-3H3. The third kappa shape index (κ3) is 3.22. The van der Waals surface area contributed by atoms with Crippen molar-refractivity contribution in [2.45, 2.75) is 46.2 Å². The van der Waals surface area contributed by atoms with Gasteiger partial charge in [0.05, 0.1) is 0 Å². The second kappa shape index (κ2) is 5.54. The molecule has 2 rings (SSSR count). The van der Waals surface area contributed by atoms with Gasteiger partial charge in [0.25, 0.3) is 0 Å². The van der Waals surface area contributed by atoms with Gasteiger partial charge in [0, 0.05) is 31.4 Å². The minimum Gasteiger partial charge on any atom is -0.371 e. The Morgan fingerprint density at radius 3 is 2.59 bits per heavy atom. The van der Waals surface area contributed by atoms with Crippen LogP contribution in [0.3, 0.4) is 0 Å². The van der Waals surface area contributed by atoms with E-state index in [1.807, 2.05) is 0 Å². The van der Waals surface area contributed by atoms with Crippen molar-refractivity contribution in [1.82, 2.24) is 5.32 Å². The molecule has 0 amide bonds. The van der Waals surface area contributed by atoms with Crippen molar-refractivity contribution in [2.75, 3.05) is 18.0 Å². The number of nitrogens with zero attached hydrogens (tertiary/aromatic N) is 1. The summed E-state index contributed by atoms with van der Waals surface area (Å²) >= 11 is 0. The number of aryl methyl sites for hydroxylation is 1. The fourth-order valence-electron chi connectivity index (χ4n) is 2.44. The summed E-state index contributed by atoms with van der Waals surface area (Å²) in [5.41, 5.74) is 4.23. The van der Waals surface area contributed by atoms with Gasteiger partial charge in [0.1, 0.15) is 0 Å². The van der Waals surface area contributed by atoms with Crippen LogP contribution in [0.2, 0.25) is 0 Å². The van der Waals surface area contributed by atoms with Gasteiger partial charge in [-0.3, -0.25) is 0 Å². The molecule has 0 aromatic heterocycles. The minimum atomic E-state index is 0.543. The lowest BCUT2D eigenvalue weighted by Gasteiger charge is -2.22. The van der Waals surface area contributed by atoms with Gasteiger partial charge < -0.3 is 10.2 Å². The summed E-state index contributed by atoms with van der Waals surface area (Å²) in [6.45, 7) is 9.99. The van der Waals surface area contributed by atoms with Gasteiger partial charge >= 0.3 is 0 Å². The Bertz CT molecular complexity index is 365. The molecule has 1 saturated heterocycles. The molecule has 1 aromatic rings. The number of rotatable bonds is 4. The minimum absolute atomic E-state index is 0.543. The lowest BCUT2D eigenvalue weighted by atomic mass is 10.1. The molecule has 0 unspecified atom stereocenters. The molecule has 0 spiro atoms. The lowest BCUT2D eigenvalue weighted by Crippen LogP contribution is -2.25. The smallest absolute Gasteiger partial charge is 0.0412 e. The zero-order chi connectivity index (χ0) is 12.3. The summed E-state index contributed by atoms with van der Waals surface area (Å²) in [7, 11) is 0. The summed E-state index contributed by atoms with van der Waals surface area (Å²) in [6, 6.07) is 7.38. The van der Waals surface area contributed by atoms with Crippen LogP contribution in [-0.2, 0) is 6.54 Å². The second-order valence-electron chi connectivity index (χ2n) is 5.36. The predicted octanol–water partition coefficient (Wildman–Crippen LogP) is 3.09. The van der Waals surface area contributed by atoms with Crippen LogP contribution in [0.15, 0.2) is 18.2 Å². The van der Waals surface area contributed by atoms with Gasteiger partial charge in [0.15, 0.2) is 0 Å². The lowest BCUT2D eigenvalue weighted by molar-refractivity contribution is 0.588. The van der Waals surface area contributed by atoms with Crippen LogP contribution in [0.1, 0.15) is 37.8 Å². The molecule has 1 N–H and O–H groups in total. The average Bonchev–Trinajstić information content (AvgIpc) is 2.80. The summed E-state index contributed by atoms with van der Waals surface area (Å²) in [4.78, 5) is 2.52. The number of benzene rings is 1. The maximum atomic E-state index is 3.53. The van der Waals surface area contributed by atoms with Crippen molar-refractivity contribution in [1.29, 1.82) is 0 Å². The Morgan fingerprint density at radius 1 is 1.24 bits per heavy atom. The van der Waals surface area contributed by atoms with Gasteiger partial charge in [-0.05, 0) is 31.4 Å². The molecule has 0 bridgehead atoms. The summed E-state index contributed by atoms with van der Waals surface area (Å²) in [5.74, 6) is 0. The SMILES string of the molecule is Cc1ccc(N2CCCC2)c(CNC(C)C)c1. The first-order valence-corrected chi connectivity index (χ1v) is 6.74. The van der Waals surface area contributed by atoms with E-state index in [9.17, 15) is 0 Å². The van der Waals surface area contributed by atoms with E-state index in [0.717, 1.165) is 6.54 Å². The van der Waals surface area contributed by atoms with Gasteiger partial charge in [-0.1, -0.05) is 31.5 Å². The number of anilines is 1. The molecule has 0 aliphatic carbocycles. The fraction of sp³-hybridized carbons (Fsp3) is 0.600. The highest BCUT2D eigenvalue weighted by Crippen LogP contribution is 2.25. The van der Waals surface area contributed by atoms with E-state index >= 15 is 0 Å². The van der Waals surface area contributed by atoms with E-state index in [2.05, 4.69) is 49.2 Å². The third-order valence-corrected chi connectivity index (χ3v) is 3.38. The molecule has 0 radical (unpaired) electrons. The normalized spacial score (nSPS) is 15.9. The monoisotopic (exact) mass is 232 g/mol. The van der Waals surface area contributed by atoms with Crippen LogP contribution in [0.5, 0.6) is 0 Å². The molecular formula is C15H24N2. The molecule has 1 aliphatic heterocycles. The van der Waals surface area contributed by atoms with E-state index < -0.39 is 0 Å². The highest BCUT2D eigenvalue weighted by molar-refractivity contribution is 5.55. The molecule has 2 nitrogen and oxygen atoms in total. The van der Waals surface area contributed by atoms with E-state index in [0.29, 0.717) is 6.04 Å². The van der Waals surface area contributed by atoms with Crippen LogP contribution < -0.4 is 10.2 Å². The average molecular weight is 232 g/mol. The number of hydrogen-bond donors (Lipinski definition) is 1. The number of nitrogens with one attached hydrogen (secondary N) is 1. The predicted molar refractivity (Wildman–Crippen MR) is 74.6 cm³/mol. The molecule has 1 heterocycles. The van der Waals surface area contributed by atoms with Crippen LogP contribution in [-0.4, -0.2) is 19.1 Å². The Labute approximate surface area is 105 Å². The van der Waals surface area contributed by atoms with Crippen molar-refractivity contribution in [3.8, 4) is 0 Å². The summed E-state index contributed by atoms with van der Waals surface area (Å²) in [5, 5.41) is 3.53. The van der Waals surface area contributed by atoms with E-state index in [1.165, 1.54) is 42.7 Å². The summed E-state index contributed by atoms with van der Waals surface area (Å²) in [6.07, 6.45) is 2.68. The third-order valence-electron chi connectivity index (χ3n) is 3.38. The highest BCUT2D eigenvalue weighted by Gasteiger charge is 2.15. The van der Waals surface area contributed by atoms with Gasteiger partial charge in [-0.25, -0.2) is 0 Å². The van der Waals surface area contributed by atoms with Crippen molar-refractivity contribution in [3.05, 3.63) is 29.3 Å². The summed E-state index contributed by atoms with van der Waals surface area (Å²) < 4.78 is 0. The Hall–Kier alpha value is -1.02. The zero-order valence-electron chi connectivity index (χ0n) is 11.3. The van der Waals surface area contributed by atoms with E-state index in [4.69, 9.17) is 0 Å². The molecule has 1 aromatic carbocycles. The first kappa shape index (κ1) is 12.4. The topological polar surface area (TPSA) is 15.3 Å². The largest absolute Gasteiger partial charge is 0.371 e. The van der Waals surface area contributed by atoms with Crippen LogP contribution in [0.25, 0.3) is 0 Å². The van der Waals surface area contributed by atoms with E-state index in [1.54, 1.807) is 0 Å². The number of hydrogen-bond acceptors (Lipinski definition) is 2. The second-order valence-corrected chi connectivity index (χ2v) is 5.36. The van der Waals surface area contributed by atoms with Gasteiger partial charge in [0.2, 0.25) is 0 Å². The Balaban J connectivity index is 2.17. The molecule has 2 heteroatoms. The van der Waals surface area contributed by atoms with Crippen molar-refractivity contribution in [3.63, 3.8) is 0 Å². The fourth-order valence-corrected chi connectivity index (χ4v) is 2.44. The molecule has 0 atom stereocenters. The van der Waals surface area contributed by atoms with Gasteiger partial charge in [-0.15, -0.1) is 0 Å². The Kier molecular flexibility index (Phi) is 4.06. The molecule has 17 heavy (non-hydrogen) atoms. The Morgan fingerprint density at radius 2 is 1.94 bits per heavy atom. The molecule has 1 aliphatic rings. The maximum absolute atomic E-state index is 3.53. The first-order valence-electron chi connectivity index (χ1n) is 6.74. The molecular weight excluding hydrogens is 208 g/mol. The van der Waals surface area contributed by atoms with Crippen molar-refractivity contribution in [2.24, 2.45) is 0 Å². The molecule has 1 fully saturated rings. The van der Waals surface area contributed by atoms with Crippen LogP contribution >= 0.6 is 0 Å². The highest BCUT2D eigenvalue weighted by atomic mass is 15.1. The molecule has 94 valence electrons. The maximum Gasteiger partial charge on any atom is 0.0412 e. The van der Waals surface area contributed by atoms with Crippen LogP contribution in [0.4, 0.5) is 5.69 Å². The molecule has 0 saturated carbocycles. The van der Waals surface area contributed by atoms with Crippen molar-refractivity contribution >= 4 is 5.69 Å². The van der Waals surface area contributed by atoms with Crippen LogP contribution in [0, 0.1) is 6.92 Å². The zero-order valence-corrected chi connectivity index (χ0v) is 11.3. The van der Waals surface area contributed by atoms with Crippen molar-refractivity contribution < 1.29 is 0 Å². The first-order chi connectivity index (χ1) is 8.16. The van der Waals surface area contributed by atoms with Gasteiger partial charge in [-0.2, -0.15) is 0 Å².